The molecule has 0 spiro atoms. The number of halogens is 3. The summed E-state index contributed by atoms with van der Waals surface area (Å²) in [6.07, 6.45) is -0.545. The van der Waals surface area contributed by atoms with Crippen LogP contribution in [0, 0.1) is 20.8 Å². The van der Waals surface area contributed by atoms with Crippen molar-refractivity contribution in [3.05, 3.63) is 28.8 Å². The number of carbonyl (C=O) groups excluding carboxylic acids is 2. The minimum atomic E-state index is -2.87. The van der Waals surface area contributed by atoms with Crippen LogP contribution in [0.25, 0.3) is 0 Å². The number of hydrogen-bond donors (Lipinski definition) is 3. The Labute approximate surface area is 146 Å². The molecule has 1 unspecified atom stereocenters. The summed E-state index contributed by atoms with van der Waals surface area (Å²) >= 11 is 0. The van der Waals surface area contributed by atoms with Crippen molar-refractivity contribution >= 4 is 29.9 Å². The Bertz CT molecular complexity index is 615. The molecule has 1 aromatic carbocycles. The van der Waals surface area contributed by atoms with Gasteiger partial charge in [-0.25, -0.2) is 8.78 Å². The van der Waals surface area contributed by atoms with Crippen molar-refractivity contribution in [2.24, 2.45) is 0 Å². The fraction of sp³-hybridized carbons (Fsp3) is 0.500. The highest BCUT2D eigenvalue weighted by Gasteiger charge is 2.42. The van der Waals surface area contributed by atoms with E-state index >= 15 is 0 Å². The highest BCUT2D eigenvalue weighted by molar-refractivity contribution is 5.96. The first kappa shape index (κ1) is 20.3. The SMILES string of the molecule is Cc1cc(C)c(NC(=O)CNC(=O)C2CC(F)(F)CN2)c(C)c1.Cl. The molecule has 1 atom stereocenters. The monoisotopic (exact) mass is 361 g/mol. The zero-order chi connectivity index (χ0) is 17.2. The number of rotatable bonds is 4. The first-order valence-electron chi connectivity index (χ1n) is 7.44. The van der Waals surface area contributed by atoms with Gasteiger partial charge in [0.25, 0.3) is 5.92 Å². The van der Waals surface area contributed by atoms with Gasteiger partial charge in [-0.2, -0.15) is 0 Å². The second kappa shape index (κ2) is 7.90. The highest BCUT2D eigenvalue weighted by atomic mass is 35.5. The van der Waals surface area contributed by atoms with Crippen LogP contribution >= 0.6 is 12.4 Å². The summed E-state index contributed by atoms with van der Waals surface area (Å²) in [7, 11) is 0. The normalized spacial score (nSPS) is 18.6. The number of amides is 2. The minimum Gasteiger partial charge on any atom is -0.346 e. The number of hydrogen-bond acceptors (Lipinski definition) is 3. The quantitative estimate of drug-likeness (QED) is 0.769. The van der Waals surface area contributed by atoms with E-state index < -0.39 is 36.7 Å². The molecule has 2 rings (SSSR count). The van der Waals surface area contributed by atoms with E-state index in [1.165, 1.54) is 0 Å². The third-order valence-electron chi connectivity index (χ3n) is 3.79. The van der Waals surface area contributed by atoms with Crippen molar-refractivity contribution in [3.8, 4) is 0 Å². The molecule has 134 valence electrons. The maximum Gasteiger partial charge on any atom is 0.262 e. The van der Waals surface area contributed by atoms with E-state index in [0.717, 1.165) is 16.7 Å². The molecular weight excluding hydrogens is 340 g/mol. The molecule has 0 radical (unpaired) electrons. The fourth-order valence-corrected chi connectivity index (χ4v) is 2.75. The lowest BCUT2D eigenvalue weighted by Crippen LogP contribution is -2.43. The van der Waals surface area contributed by atoms with Gasteiger partial charge in [0.05, 0.1) is 19.1 Å². The third kappa shape index (κ3) is 5.14. The summed E-state index contributed by atoms with van der Waals surface area (Å²) in [5, 5.41) is 7.58. The van der Waals surface area contributed by atoms with Crippen molar-refractivity contribution in [3.63, 3.8) is 0 Å². The van der Waals surface area contributed by atoms with Crippen LogP contribution in [0.2, 0.25) is 0 Å². The van der Waals surface area contributed by atoms with Gasteiger partial charge < -0.3 is 10.6 Å². The Kier molecular flexibility index (Phi) is 6.68. The molecule has 8 heteroatoms. The second-order valence-electron chi connectivity index (χ2n) is 6.03. The van der Waals surface area contributed by atoms with Gasteiger partial charge in [0.15, 0.2) is 0 Å². The van der Waals surface area contributed by atoms with Crippen LogP contribution in [0.3, 0.4) is 0 Å². The Morgan fingerprint density at radius 3 is 2.33 bits per heavy atom. The summed E-state index contributed by atoms with van der Waals surface area (Å²) in [4.78, 5) is 23.7. The highest BCUT2D eigenvalue weighted by Crippen LogP contribution is 2.25. The van der Waals surface area contributed by atoms with Crippen LogP contribution in [0.5, 0.6) is 0 Å². The number of alkyl halides is 2. The molecule has 3 N–H and O–H groups in total. The Morgan fingerprint density at radius 2 is 1.83 bits per heavy atom. The van der Waals surface area contributed by atoms with Crippen LogP contribution < -0.4 is 16.0 Å². The Balaban J connectivity index is 0.00000288. The van der Waals surface area contributed by atoms with Gasteiger partial charge in [0.1, 0.15) is 0 Å². The summed E-state index contributed by atoms with van der Waals surface area (Å²) in [5.41, 5.74) is 3.67. The lowest BCUT2D eigenvalue weighted by atomic mass is 10.1. The Hall–Kier alpha value is -1.73. The molecule has 1 fully saturated rings. The summed E-state index contributed by atoms with van der Waals surface area (Å²) in [6, 6.07) is 2.94. The van der Waals surface area contributed by atoms with Gasteiger partial charge in [0, 0.05) is 12.1 Å². The molecule has 0 aromatic heterocycles. The van der Waals surface area contributed by atoms with Crippen LogP contribution in [-0.2, 0) is 9.59 Å². The number of anilines is 1. The van der Waals surface area contributed by atoms with Crippen LogP contribution in [0.1, 0.15) is 23.1 Å². The van der Waals surface area contributed by atoms with E-state index in [4.69, 9.17) is 0 Å². The molecule has 2 amide bonds. The molecule has 1 aromatic rings. The van der Waals surface area contributed by atoms with Gasteiger partial charge in [-0.1, -0.05) is 17.7 Å². The van der Waals surface area contributed by atoms with Crippen molar-refractivity contribution in [1.82, 2.24) is 10.6 Å². The first-order valence-corrected chi connectivity index (χ1v) is 7.44. The molecular formula is C16H22ClF2N3O2. The molecule has 24 heavy (non-hydrogen) atoms. The maximum absolute atomic E-state index is 13.0. The third-order valence-corrected chi connectivity index (χ3v) is 3.79. The summed E-state index contributed by atoms with van der Waals surface area (Å²) in [6.45, 7) is 4.97. The lowest BCUT2D eigenvalue weighted by Gasteiger charge is -2.14. The minimum absolute atomic E-state index is 0. The molecule has 1 saturated heterocycles. The average Bonchev–Trinajstić information content (AvgIpc) is 2.80. The van der Waals surface area contributed by atoms with Gasteiger partial charge in [-0.15, -0.1) is 12.4 Å². The smallest absolute Gasteiger partial charge is 0.262 e. The number of nitrogens with one attached hydrogen (secondary N) is 3. The molecule has 1 aliphatic heterocycles. The second-order valence-corrected chi connectivity index (χ2v) is 6.03. The van der Waals surface area contributed by atoms with Gasteiger partial charge >= 0.3 is 0 Å². The van der Waals surface area contributed by atoms with E-state index in [-0.39, 0.29) is 19.0 Å². The molecule has 1 aliphatic rings. The molecule has 0 saturated carbocycles. The van der Waals surface area contributed by atoms with E-state index in [1.807, 2.05) is 32.9 Å². The molecule has 0 bridgehead atoms. The number of benzene rings is 1. The topological polar surface area (TPSA) is 70.2 Å². The van der Waals surface area contributed by atoms with Crippen molar-refractivity contribution in [2.45, 2.75) is 39.2 Å². The largest absolute Gasteiger partial charge is 0.346 e. The number of carbonyl (C=O) groups is 2. The van der Waals surface area contributed by atoms with Gasteiger partial charge in [0.2, 0.25) is 11.8 Å². The van der Waals surface area contributed by atoms with E-state index in [9.17, 15) is 18.4 Å². The number of aryl methyl sites for hydroxylation is 3. The predicted molar refractivity (Wildman–Crippen MR) is 90.9 cm³/mol. The Morgan fingerprint density at radius 1 is 1.25 bits per heavy atom. The van der Waals surface area contributed by atoms with Gasteiger partial charge in [-0.3, -0.25) is 14.9 Å². The standard InChI is InChI=1S/C16H21F2N3O2.ClH/c1-9-4-10(2)14(11(3)5-9)21-13(22)7-19-15(23)12-6-16(17,18)8-20-12;/h4-5,12,20H,6-8H2,1-3H3,(H,19,23)(H,21,22);1H. The first-order chi connectivity index (χ1) is 10.7. The lowest BCUT2D eigenvalue weighted by molar-refractivity contribution is -0.125. The van der Waals surface area contributed by atoms with Crippen LogP contribution in [-0.4, -0.2) is 36.9 Å². The van der Waals surface area contributed by atoms with E-state index in [1.54, 1.807) is 0 Å². The molecule has 0 aliphatic carbocycles. The average molecular weight is 362 g/mol. The van der Waals surface area contributed by atoms with Crippen LogP contribution in [0.4, 0.5) is 14.5 Å². The van der Waals surface area contributed by atoms with E-state index in [2.05, 4.69) is 16.0 Å². The van der Waals surface area contributed by atoms with Crippen molar-refractivity contribution in [2.75, 3.05) is 18.4 Å². The predicted octanol–water partition coefficient (Wildman–Crippen LogP) is 2.09. The molecule has 5 nitrogen and oxygen atoms in total. The van der Waals surface area contributed by atoms with Gasteiger partial charge in [-0.05, 0) is 31.9 Å². The van der Waals surface area contributed by atoms with Crippen molar-refractivity contribution < 1.29 is 18.4 Å². The summed E-state index contributed by atoms with van der Waals surface area (Å²) < 4.78 is 26.1. The zero-order valence-corrected chi connectivity index (χ0v) is 14.7. The maximum atomic E-state index is 13.0. The zero-order valence-electron chi connectivity index (χ0n) is 13.8. The molecule has 1 heterocycles. The fourth-order valence-electron chi connectivity index (χ4n) is 2.75. The van der Waals surface area contributed by atoms with E-state index in [0.29, 0.717) is 5.69 Å². The van der Waals surface area contributed by atoms with Crippen molar-refractivity contribution in [1.29, 1.82) is 0 Å². The summed E-state index contributed by atoms with van der Waals surface area (Å²) in [5.74, 6) is -3.85. The van der Waals surface area contributed by atoms with Crippen LogP contribution in [0.15, 0.2) is 12.1 Å².